The molecule has 0 atom stereocenters. The summed E-state index contributed by atoms with van der Waals surface area (Å²) in [6, 6.07) is 0.870. The second-order valence-electron chi connectivity index (χ2n) is 3.39. The highest BCUT2D eigenvalue weighted by molar-refractivity contribution is 6.81. The van der Waals surface area contributed by atoms with Crippen molar-refractivity contribution in [1.29, 1.82) is 0 Å². The van der Waals surface area contributed by atoms with Gasteiger partial charge in [-0.1, -0.05) is 13.3 Å². The first-order valence-electron chi connectivity index (χ1n) is 5.01. The maximum absolute atomic E-state index is 5.51. The van der Waals surface area contributed by atoms with Crippen LogP contribution in [0.15, 0.2) is 0 Å². The second kappa shape index (κ2) is 6.74. The number of rotatable bonds is 8. The third-order valence-electron chi connectivity index (χ3n) is 2.44. The molecule has 0 aliphatic rings. The molecule has 0 heterocycles. The summed E-state index contributed by atoms with van der Waals surface area (Å²) in [7, 11) is 1.90. The molecule has 15 heavy (non-hydrogen) atoms. The summed E-state index contributed by atoms with van der Waals surface area (Å²) in [5.41, 5.74) is 0. The fourth-order valence-corrected chi connectivity index (χ4v) is 7.61. The molecular formula is C8H23NO4Si2. The number of hydrogen-bond acceptors (Lipinski definition) is 5. The lowest BCUT2D eigenvalue weighted by Gasteiger charge is -2.34. The van der Waals surface area contributed by atoms with Gasteiger partial charge < -0.3 is 17.7 Å². The molecule has 0 aliphatic carbocycles. The van der Waals surface area contributed by atoms with Crippen molar-refractivity contribution in [2.75, 3.05) is 28.4 Å². The van der Waals surface area contributed by atoms with Crippen molar-refractivity contribution >= 4 is 17.4 Å². The standard InChI is InChI=1S/C8H23NO4Si2/c1-7-8-15(12-4,13-5)9-14(6,10-2)11-3/h9H,7-8H2,1-6H3. The van der Waals surface area contributed by atoms with Gasteiger partial charge in [0.2, 0.25) is 0 Å². The molecule has 0 amide bonds. The normalized spacial score (nSPS) is 13.2. The molecule has 0 spiro atoms. The molecule has 0 aromatic rings. The first-order chi connectivity index (χ1) is 7.01. The van der Waals surface area contributed by atoms with E-state index >= 15 is 0 Å². The van der Waals surface area contributed by atoms with Gasteiger partial charge >= 0.3 is 17.4 Å². The monoisotopic (exact) mass is 253 g/mol. The summed E-state index contributed by atoms with van der Waals surface area (Å²) < 4.78 is 25.1. The summed E-state index contributed by atoms with van der Waals surface area (Å²) in [6.07, 6.45) is 0.999. The van der Waals surface area contributed by atoms with Gasteiger partial charge in [0, 0.05) is 34.5 Å². The van der Waals surface area contributed by atoms with Gasteiger partial charge in [-0.15, -0.1) is 0 Å². The zero-order valence-electron chi connectivity index (χ0n) is 10.5. The third kappa shape index (κ3) is 4.31. The molecule has 0 bridgehead atoms. The second-order valence-corrected chi connectivity index (χ2v) is 9.92. The molecule has 5 nitrogen and oxygen atoms in total. The molecule has 0 saturated heterocycles. The Morgan fingerprint density at radius 3 is 1.67 bits per heavy atom. The van der Waals surface area contributed by atoms with Crippen LogP contribution in [0.25, 0.3) is 0 Å². The molecule has 0 radical (unpaired) electrons. The summed E-state index contributed by atoms with van der Waals surface area (Å²) in [5.74, 6) is 0. The topological polar surface area (TPSA) is 49.0 Å². The minimum atomic E-state index is -2.36. The van der Waals surface area contributed by atoms with Gasteiger partial charge in [-0.05, 0) is 6.55 Å². The Labute approximate surface area is 94.7 Å². The molecule has 0 aromatic heterocycles. The Kier molecular flexibility index (Phi) is 6.84. The van der Waals surface area contributed by atoms with Crippen molar-refractivity contribution in [3.63, 3.8) is 0 Å². The Balaban J connectivity index is 4.63. The predicted molar refractivity (Wildman–Crippen MR) is 63.6 cm³/mol. The molecule has 0 aromatic carbocycles. The lowest BCUT2D eigenvalue weighted by atomic mass is 10.6. The molecule has 0 unspecified atom stereocenters. The maximum atomic E-state index is 5.51. The fourth-order valence-electron chi connectivity index (χ4n) is 1.31. The Hall–Kier alpha value is 0.234. The van der Waals surface area contributed by atoms with E-state index in [1.165, 1.54) is 0 Å². The minimum Gasteiger partial charge on any atom is -0.386 e. The number of hydrogen-bond donors (Lipinski definition) is 1. The molecule has 0 rings (SSSR count). The van der Waals surface area contributed by atoms with Crippen LogP contribution in [-0.2, 0) is 17.7 Å². The van der Waals surface area contributed by atoms with Crippen LogP contribution in [0.3, 0.4) is 0 Å². The van der Waals surface area contributed by atoms with Crippen LogP contribution in [0.5, 0.6) is 0 Å². The Bertz CT molecular complexity index is 174. The molecular weight excluding hydrogens is 230 g/mol. The van der Waals surface area contributed by atoms with E-state index in [1.54, 1.807) is 28.4 Å². The van der Waals surface area contributed by atoms with E-state index < -0.39 is 17.4 Å². The highest BCUT2D eigenvalue weighted by Crippen LogP contribution is 2.14. The molecule has 0 fully saturated rings. The Morgan fingerprint density at radius 2 is 1.40 bits per heavy atom. The van der Waals surface area contributed by atoms with Gasteiger partial charge in [0.25, 0.3) is 0 Å². The van der Waals surface area contributed by atoms with Crippen LogP contribution in [0.4, 0.5) is 0 Å². The zero-order chi connectivity index (χ0) is 11.9. The summed E-state index contributed by atoms with van der Waals surface area (Å²) in [5, 5.41) is 0. The molecule has 0 aliphatic heterocycles. The SMILES string of the molecule is CCC[Si](N[Si](C)(OC)OC)(OC)OC. The van der Waals surface area contributed by atoms with Crippen LogP contribution in [0.1, 0.15) is 13.3 Å². The van der Waals surface area contributed by atoms with Crippen LogP contribution in [-0.4, -0.2) is 45.9 Å². The summed E-state index contributed by atoms with van der Waals surface area (Å²) in [4.78, 5) is 0. The molecule has 92 valence electrons. The molecule has 7 heteroatoms. The smallest absolute Gasteiger partial charge is 0.386 e. The van der Waals surface area contributed by atoms with Crippen LogP contribution >= 0.6 is 0 Å². The molecule has 1 N–H and O–H groups in total. The van der Waals surface area contributed by atoms with Gasteiger partial charge in [0.15, 0.2) is 0 Å². The third-order valence-corrected chi connectivity index (χ3v) is 9.81. The Morgan fingerprint density at radius 1 is 0.933 bits per heavy atom. The van der Waals surface area contributed by atoms with Crippen molar-refractivity contribution in [1.82, 2.24) is 4.65 Å². The van der Waals surface area contributed by atoms with Gasteiger partial charge in [-0.25, -0.2) is 0 Å². The van der Waals surface area contributed by atoms with E-state index in [4.69, 9.17) is 17.7 Å². The fraction of sp³-hybridized carbons (Fsp3) is 1.00. The first-order valence-corrected chi connectivity index (χ1v) is 9.35. The highest BCUT2D eigenvalue weighted by Gasteiger charge is 2.45. The number of nitrogens with one attached hydrogen (secondary N) is 1. The average Bonchev–Trinajstić information content (AvgIpc) is 2.28. The first kappa shape index (κ1) is 15.2. The minimum absolute atomic E-state index is 0.870. The van der Waals surface area contributed by atoms with Crippen molar-refractivity contribution in [3.8, 4) is 0 Å². The lowest BCUT2D eigenvalue weighted by Crippen LogP contribution is -2.68. The van der Waals surface area contributed by atoms with Gasteiger partial charge in [-0.3, -0.25) is 4.65 Å². The highest BCUT2D eigenvalue weighted by atomic mass is 28.4. The van der Waals surface area contributed by atoms with E-state index in [2.05, 4.69) is 11.6 Å². The van der Waals surface area contributed by atoms with E-state index in [1.807, 2.05) is 6.55 Å². The zero-order valence-corrected chi connectivity index (χ0v) is 12.5. The van der Waals surface area contributed by atoms with Crippen molar-refractivity contribution in [2.45, 2.75) is 25.9 Å². The largest absolute Gasteiger partial charge is 0.421 e. The van der Waals surface area contributed by atoms with Crippen molar-refractivity contribution < 1.29 is 17.7 Å². The van der Waals surface area contributed by atoms with E-state index in [9.17, 15) is 0 Å². The van der Waals surface area contributed by atoms with Crippen LogP contribution < -0.4 is 4.65 Å². The van der Waals surface area contributed by atoms with Crippen molar-refractivity contribution in [2.24, 2.45) is 0 Å². The van der Waals surface area contributed by atoms with Crippen LogP contribution in [0, 0.1) is 0 Å². The van der Waals surface area contributed by atoms with Gasteiger partial charge in [0.1, 0.15) is 0 Å². The van der Waals surface area contributed by atoms with Crippen LogP contribution in [0.2, 0.25) is 12.6 Å². The van der Waals surface area contributed by atoms with E-state index in [-0.39, 0.29) is 0 Å². The average molecular weight is 253 g/mol. The summed E-state index contributed by atoms with van der Waals surface area (Å²) in [6.45, 7) is 4.03. The van der Waals surface area contributed by atoms with E-state index in [0.717, 1.165) is 12.5 Å². The van der Waals surface area contributed by atoms with Crippen molar-refractivity contribution in [3.05, 3.63) is 0 Å². The lowest BCUT2D eigenvalue weighted by molar-refractivity contribution is 0.204. The van der Waals surface area contributed by atoms with Gasteiger partial charge in [0.05, 0.1) is 0 Å². The molecule has 0 saturated carbocycles. The quantitative estimate of drug-likeness (QED) is 0.656. The maximum Gasteiger partial charge on any atom is 0.421 e. The summed E-state index contributed by atoms with van der Waals surface area (Å²) >= 11 is 0. The van der Waals surface area contributed by atoms with Gasteiger partial charge in [-0.2, -0.15) is 0 Å². The predicted octanol–water partition coefficient (Wildman–Crippen LogP) is 1.08. The van der Waals surface area contributed by atoms with E-state index in [0.29, 0.717) is 0 Å².